The van der Waals surface area contributed by atoms with Gasteiger partial charge in [0.25, 0.3) is 0 Å². The first-order valence-corrected chi connectivity index (χ1v) is 6.87. The number of ketones is 1. The fraction of sp³-hybridized carbons (Fsp3) is 0.429. The van der Waals surface area contributed by atoms with E-state index in [9.17, 15) is 18.4 Å². The molecule has 114 valence electrons. The Morgan fingerprint density at radius 2 is 2.14 bits per heavy atom. The SMILES string of the molecule is O=C(O)c1cc(Cl)c(F)c(CCC(=O)[C@@H]2C[C@@H](F)CN2)c1. The summed E-state index contributed by atoms with van der Waals surface area (Å²) in [6.45, 7) is 0.144. The lowest BCUT2D eigenvalue weighted by atomic mass is 10.0. The van der Waals surface area contributed by atoms with E-state index in [-0.39, 0.29) is 47.7 Å². The molecule has 0 unspecified atom stereocenters. The number of Topliss-reactive ketones (excluding diaryl/α,β-unsaturated/α-hetero) is 1. The van der Waals surface area contributed by atoms with Gasteiger partial charge in [-0.15, -0.1) is 0 Å². The molecule has 1 aliphatic rings. The fourth-order valence-electron chi connectivity index (χ4n) is 2.32. The summed E-state index contributed by atoms with van der Waals surface area (Å²) in [5.41, 5.74) is -0.0605. The smallest absolute Gasteiger partial charge is 0.335 e. The summed E-state index contributed by atoms with van der Waals surface area (Å²) in [4.78, 5) is 22.8. The first-order chi connectivity index (χ1) is 9.88. The van der Waals surface area contributed by atoms with Gasteiger partial charge in [-0.25, -0.2) is 13.6 Å². The summed E-state index contributed by atoms with van der Waals surface area (Å²) in [7, 11) is 0. The molecule has 21 heavy (non-hydrogen) atoms. The van der Waals surface area contributed by atoms with E-state index in [1.165, 1.54) is 0 Å². The van der Waals surface area contributed by atoms with Crippen LogP contribution in [0.15, 0.2) is 12.1 Å². The molecule has 0 aromatic heterocycles. The molecule has 2 rings (SSSR count). The lowest BCUT2D eigenvalue weighted by Crippen LogP contribution is -2.30. The van der Waals surface area contributed by atoms with Crippen molar-refractivity contribution < 1.29 is 23.5 Å². The maximum Gasteiger partial charge on any atom is 0.335 e. The molecule has 1 aromatic carbocycles. The third kappa shape index (κ3) is 3.77. The van der Waals surface area contributed by atoms with Gasteiger partial charge < -0.3 is 10.4 Å². The molecule has 1 saturated heterocycles. The van der Waals surface area contributed by atoms with Gasteiger partial charge in [-0.05, 0) is 24.1 Å². The minimum atomic E-state index is -1.22. The molecule has 0 saturated carbocycles. The van der Waals surface area contributed by atoms with E-state index in [0.29, 0.717) is 0 Å². The van der Waals surface area contributed by atoms with E-state index >= 15 is 0 Å². The van der Waals surface area contributed by atoms with Crippen LogP contribution >= 0.6 is 11.6 Å². The molecule has 2 atom stereocenters. The molecule has 1 heterocycles. The number of hydrogen-bond acceptors (Lipinski definition) is 3. The van der Waals surface area contributed by atoms with Crippen molar-refractivity contribution in [3.8, 4) is 0 Å². The van der Waals surface area contributed by atoms with E-state index in [1.54, 1.807) is 0 Å². The number of carbonyl (C=O) groups is 2. The third-order valence-electron chi connectivity index (χ3n) is 3.46. The number of hydrogen-bond donors (Lipinski definition) is 2. The number of carbonyl (C=O) groups excluding carboxylic acids is 1. The molecule has 1 aromatic rings. The van der Waals surface area contributed by atoms with Crippen LogP contribution in [0.1, 0.15) is 28.8 Å². The minimum absolute atomic E-state index is 0.000702. The van der Waals surface area contributed by atoms with Crippen molar-refractivity contribution in [2.75, 3.05) is 6.54 Å². The zero-order valence-electron chi connectivity index (χ0n) is 11.0. The molecular formula is C14H14ClF2NO3. The van der Waals surface area contributed by atoms with Gasteiger partial charge in [0, 0.05) is 19.4 Å². The zero-order chi connectivity index (χ0) is 15.6. The number of benzene rings is 1. The van der Waals surface area contributed by atoms with Crippen molar-refractivity contribution in [3.63, 3.8) is 0 Å². The first-order valence-electron chi connectivity index (χ1n) is 6.50. The van der Waals surface area contributed by atoms with Crippen LogP contribution in [0.2, 0.25) is 5.02 Å². The second kappa shape index (κ2) is 6.49. The Balaban J connectivity index is 2.06. The summed E-state index contributed by atoms with van der Waals surface area (Å²) in [6, 6.07) is 1.63. The molecule has 1 aliphatic heterocycles. The number of aryl methyl sites for hydroxylation is 1. The fourth-order valence-corrected chi connectivity index (χ4v) is 2.56. The van der Waals surface area contributed by atoms with Crippen LogP contribution < -0.4 is 5.32 Å². The van der Waals surface area contributed by atoms with E-state index in [2.05, 4.69) is 5.32 Å². The summed E-state index contributed by atoms with van der Waals surface area (Å²) < 4.78 is 26.8. The predicted molar refractivity (Wildman–Crippen MR) is 73.0 cm³/mol. The quantitative estimate of drug-likeness (QED) is 0.875. The highest BCUT2D eigenvalue weighted by atomic mass is 35.5. The van der Waals surface area contributed by atoms with Crippen molar-refractivity contribution in [3.05, 3.63) is 34.1 Å². The Hall–Kier alpha value is -1.53. The standard InChI is InChI=1S/C14H14ClF2NO3/c15-10-4-8(14(20)21)3-7(13(10)17)1-2-12(19)11-5-9(16)6-18-11/h3-4,9,11,18H,1-2,5-6H2,(H,20,21)/t9-,11+/m1/s1. The Labute approximate surface area is 125 Å². The van der Waals surface area contributed by atoms with E-state index in [0.717, 1.165) is 12.1 Å². The first kappa shape index (κ1) is 15.9. The third-order valence-corrected chi connectivity index (χ3v) is 3.73. The van der Waals surface area contributed by atoms with E-state index in [1.807, 2.05) is 0 Å². The topological polar surface area (TPSA) is 66.4 Å². The summed E-state index contributed by atoms with van der Waals surface area (Å²) in [5.74, 6) is -2.16. The zero-order valence-corrected chi connectivity index (χ0v) is 11.8. The van der Waals surface area contributed by atoms with Crippen LogP contribution in [0.4, 0.5) is 8.78 Å². The monoisotopic (exact) mass is 317 g/mol. The number of halogens is 3. The lowest BCUT2D eigenvalue weighted by molar-refractivity contribution is -0.120. The molecule has 0 bridgehead atoms. The van der Waals surface area contributed by atoms with Gasteiger partial charge in [0.2, 0.25) is 0 Å². The van der Waals surface area contributed by atoms with Crippen LogP contribution in [0.5, 0.6) is 0 Å². The number of rotatable bonds is 5. The highest BCUT2D eigenvalue weighted by molar-refractivity contribution is 6.31. The molecule has 2 N–H and O–H groups in total. The van der Waals surface area contributed by atoms with Crippen molar-refractivity contribution in [1.82, 2.24) is 5.32 Å². The van der Waals surface area contributed by atoms with Gasteiger partial charge in [-0.3, -0.25) is 4.79 Å². The van der Waals surface area contributed by atoms with E-state index < -0.39 is 24.0 Å². The second-order valence-corrected chi connectivity index (χ2v) is 5.40. The van der Waals surface area contributed by atoms with Gasteiger partial charge in [0.15, 0.2) is 0 Å². The molecule has 7 heteroatoms. The van der Waals surface area contributed by atoms with Crippen molar-refractivity contribution >= 4 is 23.4 Å². The number of aromatic carboxylic acids is 1. The number of alkyl halides is 1. The Kier molecular flexibility index (Phi) is 4.90. The van der Waals surface area contributed by atoms with Crippen LogP contribution in [-0.2, 0) is 11.2 Å². The van der Waals surface area contributed by atoms with Gasteiger partial charge in [0.05, 0.1) is 16.6 Å². The molecule has 0 amide bonds. The molecule has 0 radical (unpaired) electrons. The lowest BCUT2D eigenvalue weighted by Gasteiger charge is -2.10. The molecule has 0 spiro atoms. The Bertz CT molecular complexity index is 580. The number of nitrogens with one attached hydrogen (secondary N) is 1. The Morgan fingerprint density at radius 1 is 1.43 bits per heavy atom. The second-order valence-electron chi connectivity index (χ2n) is 5.00. The summed E-state index contributed by atoms with van der Waals surface area (Å²) in [5, 5.41) is 11.4. The molecular weight excluding hydrogens is 304 g/mol. The van der Waals surface area contributed by atoms with Crippen LogP contribution in [0.3, 0.4) is 0 Å². The van der Waals surface area contributed by atoms with Crippen LogP contribution in [-0.4, -0.2) is 35.6 Å². The maximum atomic E-state index is 13.8. The normalized spacial score (nSPS) is 21.5. The van der Waals surface area contributed by atoms with Crippen molar-refractivity contribution in [1.29, 1.82) is 0 Å². The summed E-state index contributed by atoms with van der Waals surface area (Å²) >= 11 is 5.64. The van der Waals surface area contributed by atoms with E-state index in [4.69, 9.17) is 16.7 Å². The minimum Gasteiger partial charge on any atom is -0.478 e. The number of carboxylic acids is 1. The predicted octanol–water partition coefficient (Wildman–Crippen LogP) is 2.38. The molecule has 4 nitrogen and oxygen atoms in total. The van der Waals surface area contributed by atoms with Gasteiger partial charge in [0.1, 0.15) is 17.8 Å². The largest absolute Gasteiger partial charge is 0.478 e. The number of carboxylic acid groups (broad SMARTS) is 1. The van der Waals surface area contributed by atoms with Gasteiger partial charge >= 0.3 is 5.97 Å². The van der Waals surface area contributed by atoms with Crippen molar-refractivity contribution in [2.45, 2.75) is 31.5 Å². The average molecular weight is 318 g/mol. The molecule has 0 aliphatic carbocycles. The van der Waals surface area contributed by atoms with Crippen LogP contribution in [0, 0.1) is 5.82 Å². The maximum absolute atomic E-state index is 13.8. The highest BCUT2D eigenvalue weighted by Gasteiger charge is 2.28. The Morgan fingerprint density at radius 3 is 2.71 bits per heavy atom. The molecule has 1 fully saturated rings. The van der Waals surface area contributed by atoms with Crippen molar-refractivity contribution in [2.24, 2.45) is 0 Å². The van der Waals surface area contributed by atoms with Gasteiger partial charge in [-0.1, -0.05) is 11.6 Å². The average Bonchev–Trinajstić information content (AvgIpc) is 2.86. The summed E-state index contributed by atoms with van der Waals surface area (Å²) in [6.07, 6.45) is -0.890. The van der Waals surface area contributed by atoms with Gasteiger partial charge in [-0.2, -0.15) is 0 Å². The highest BCUT2D eigenvalue weighted by Crippen LogP contribution is 2.23. The van der Waals surface area contributed by atoms with Crippen LogP contribution in [0.25, 0.3) is 0 Å².